The van der Waals surface area contributed by atoms with E-state index in [1.807, 2.05) is 18.2 Å². The quantitative estimate of drug-likeness (QED) is 0.225. The average molecular weight is 618 g/mol. The van der Waals surface area contributed by atoms with Crippen LogP contribution in [0.4, 0.5) is 21.6 Å². The molecule has 2 unspecified atom stereocenters. The zero-order valence-corrected chi connectivity index (χ0v) is 26.1. The zero-order chi connectivity index (χ0) is 30.3. The predicted octanol–water partition coefficient (Wildman–Crippen LogP) is 7.99. The molecule has 44 heavy (non-hydrogen) atoms. The monoisotopic (exact) mass is 617 g/mol. The van der Waals surface area contributed by atoms with Gasteiger partial charge in [-0.2, -0.15) is 0 Å². The number of halogens is 2. The molecular formula is C35H41ClFN5O2. The van der Waals surface area contributed by atoms with Gasteiger partial charge in [-0.3, -0.25) is 4.79 Å². The maximum absolute atomic E-state index is 13.7. The topological polar surface area (TPSA) is 79.4 Å². The lowest BCUT2D eigenvalue weighted by atomic mass is 9.57. The van der Waals surface area contributed by atoms with Crippen LogP contribution in [-0.4, -0.2) is 47.5 Å². The first-order chi connectivity index (χ1) is 21.3. The minimum absolute atomic E-state index is 0.0200. The maximum atomic E-state index is 13.7. The molecule has 1 amide bonds. The van der Waals surface area contributed by atoms with Crippen LogP contribution in [0, 0.1) is 34.9 Å². The van der Waals surface area contributed by atoms with Gasteiger partial charge in [-0.25, -0.2) is 14.4 Å². The molecule has 4 fully saturated rings. The summed E-state index contributed by atoms with van der Waals surface area (Å²) in [5.41, 5.74) is 2.38. The number of carbonyl (C=O) groups is 1. The Balaban J connectivity index is 1.06. The van der Waals surface area contributed by atoms with Crippen LogP contribution in [0.3, 0.4) is 0 Å². The summed E-state index contributed by atoms with van der Waals surface area (Å²) in [5.74, 6) is 3.70. The Labute approximate surface area is 263 Å². The van der Waals surface area contributed by atoms with Crippen molar-refractivity contribution in [2.45, 2.75) is 57.8 Å². The highest BCUT2D eigenvalue weighted by atomic mass is 35.5. The predicted molar refractivity (Wildman–Crippen MR) is 173 cm³/mol. The van der Waals surface area contributed by atoms with Gasteiger partial charge in [-0.15, -0.1) is 0 Å². The molecule has 1 aromatic heterocycles. The fraction of sp³-hybridized carbons (Fsp3) is 0.514. The lowest BCUT2D eigenvalue weighted by molar-refractivity contribution is -0.111. The summed E-state index contributed by atoms with van der Waals surface area (Å²) in [6, 6.07) is 8.14. The maximum Gasteiger partial charge on any atom is 0.248 e. The number of allylic oxidation sites excluding steroid dienone is 1. The molecule has 1 spiro atoms. The zero-order valence-electron chi connectivity index (χ0n) is 25.3. The van der Waals surface area contributed by atoms with Crippen molar-refractivity contribution in [3.05, 3.63) is 59.7 Å². The second kappa shape index (κ2) is 12.3. The summed E-state index contributed by atoms with van der Waals surface area (Å²) in [5, 5.41) is 7.00. The Morgan fingerprint density at radius 1 is 1.11 bits per heavy atom. The number of anilines is 3. The van der Waals surface area contributed by atoms with E-state index in [0.717, 1.165) is 24.7 Å². The Hall–Kier alpha value is -3.23. The van der Waals surface area contributed by atoms with Crippen molar-refractivity contribution in [1.29, 1.82) is 0 Å². The molecule has 2 atom stereocenters. The number of nitrogens with one attached hydrogen (secondary N) is 2. The molecule has 0 bridgehead atoms. The van der Waals surface area contributed by atoms with E-state index in [1.165, 1.54) is 76.5 Å². The van der Waals surface area contributed by atoms with Gasteiger partial charge in [0.1, 0.15) is 23.7 Å². The van der Waals surface area contributed by atoms with Crippen LogP contribution in [0.1, 0.15) is 57.8 Å². The van der Waals surface area contributed by atoms with Crippen molar-refractivity contribution in [3.8, 4) is 5.75 Å². The standard InChI is InChI=1S/C35H41ClFN5O2/c1-42-10-8-35(9-11-42)19-23(20-35)7-12-44-32-18-30-27(34(39-21-38-30)40-26-5-6-29(37)28(36)16-26)17-31(32)41-33(43)4-2-3-22-13-24-15-25(24)14-22/h2,4-6,16-18,21-25H,3,7-15,19-20H2,1H3,(H,41,43)(H,38,39,40). The van der Waals surface area contributed by atoms with Crippen LogP contribution in [-0.2, 0) is 4.79 Å². The number of carbonyl (C=O) groups excluding carboxylic acids is 1. The summed E-state index contributed by atoms with van der Waals surface area (Å²) < 4.78 is 20.1. The van der Waals surface area contributed by atoms with Crippen molar-refractivity contribution in [2.75, 3.05) is 37.4 Å². The third kappa shape index (κ3) is 6.57. The van der Waals surface area contributed by atoms with Gasteiger partial charge in [0.05, 0.1) is 22.8 Å². The van der Waals surface area contributed by atoms with E-state index in [0.29, 0.717) is 57.7 Å². The van der Waals surface area contributed by atoms with Crippen molar-refractivity contribution in [3.63, 3.8) is 0 Å². The Bertz CT molecular complexity index is 1550. The second-order valence-electron chi connectivity index (χ2n) is 13.8. The molecule has 3 aliphatic carbocycles. The lowest BCUT2D eigenvalue weighted by Gasteiger charge is -2.52. The summed E-state index contributed by atoms with van der Waals surface area (Å²) in [4.78, 5) is 24.4. The van der Waals surface area contributed by atoms with Crippen LogP contribution < -0.4 is 15.4 Å². The summed E-state index contributed by atoms with van der Waals surface area (Å²) in [6.07, 6.45) is 16.3. The largest absolute Gasteiger partial charge is 0.491 e. The first kappa shape index (κ1) is 29.5. The highest BCUT2D eigenvalue weighted by molar-refractivity contribution is 6.31. The molecule has 0 radical (unpaired) electrons. The Morgan fingerprint density at radius 2 is 1.91 bits per heavy atom. The number of piperidine rings is 1. The van der Waals surface area contributed by atoms with Crippen molar-refractivity contribution >= 4 is 45.6 Å². The first-order valence-corrected chi connectivity index (χ1v) is 16.5. The highest BCUT2D eigenvalue weighted by Gasteiger charge is 2.45. The average Bonchev–Trinajstić information content (AvgIpc) is 3.60. The van der Waals surface area contributed by atoms with Crippen molar-refractivity contribution < 1.29 is 13.9 Å². The number of hydrogen-bond acceptors (Lipinski definition) is 6. The molecule has 232 valence electrons. The molecule has 1 aliphatic heterocycles. The van der Waals surface area contributed by atoms with Crippen LogP contribution >= 0.6 is 11.6 Å². The van der Waals surface area contributed by atoms with Gasteiger partial charge in [-0.1, -0.05) is 17.7 Å². The minimum Gasteiger partial charge on any atom is -0.491 e. The number of amides is 1. The van der Waals surface area contributed by atoms with Gasteiger partial charge in [-0.05, 0) is 137 Å². The number of likely N-dealkylation sites (tertiary alicyclic amines) is 1. The number of rotatable bonds is 10. The van der Waals surface area contributed by atoms with E-state index in [2.05, 4.69) is 32.5 Å². The number of hydrogen-bond donors (Lipinski definition) is 2. The van der Waals surface area contributed by atoms with Gasteiger partial charge >= 0.3 is 0 Å². The Kier molecular flexibility index (Phi) is 8.23. The van der Waals surface area contributed by atoms with Crippen molar-refractivity contribution in [1.82, 2.24) is 14.9 Å². The molecule has 2 heterocycles. The number of nitrogens with zero attached hydrogens (tertiary/aromatic N) is 3. The van der Waals surface area contributed by atoms with E-state index >= 15 is 0 Å². The minimum atomic E-state index is -0.488. The lowest BCUT2D eigenvalue weighted by Crippen LogP contribution is -2.46. The summed E-state index contributed by atoms with van der Waals surface area (Å²) in [7, 11) is 2.21. The van der Waals surface area contributed by atoms with Gasteiger partial charge in [0.2, 0.25) is 5.91 Å². The second-order valence-corrected chi connectivity index (χ2v) is 14.2. The SMILES string of the molecule is CN1CCC2(CC1)CC(CCOc1cc3ncnc(Nc4ccc(F)c(Cl)c4)c3cc1NC(=O)C=CCC1CC3CC3C1)C2. The molecular weight excluding hydrogens is 577 g/mol. The van der Waals surface area contributed by atoms with E-state index in [4.69, 9.17) is 16.3 Å². The van der Waals surface area contributed by atoms with Gasteiger partial charge < -0.3 is 20.3 Å². The van der Waals surface area contributed by atoms with Gasteiger partial charge in [0.15, 0.2) is 0 Å². The third-order valence-corrected chi connectivity index (χ3v) is 10.8. The summed E-state index contributed by atoms with van der Waals surface area (Å²) in [6.45, 7) is 2.98. The number of aromatic nitrogens is 2. The van der Waals surface area contributed by atoms with E-state index in [9.17, 15) is 9.18 Å². The molecule has 2 aromatic carbocycles. The van der Waals surface area contributed by atoms with Crippen LogP contribution in [0.5, 0.6) is 5.75 Å². The number of fused-ring (bicyclic) bond motifs is 2. The van der Waals surface area contributed by atoms with E-state index in [1.54, 1.807) is 12.1 Å². The highest BCUT2D eigenvalue weighted by Crippen LogP contribution is 2.55. The van der Waals surface area contributed by atoms with Crippen LogP contribution in [0.15, 0.2) is 48.8 Å². The fourth-order valence-corrected chi connectivity index (χ4v) is 8.07. The Morgan fingerprint density at radius 3 is 2.68 bits per heavy atom. The molecule has 7 nitrogen and oxygen atoms in total. The number of ether oxygens (including phenoxy) is 1. The fourth-order valence-electron chi connectivity index (χ4n) is 7.89. The van der Waals surface area contributed by atoms with E-state index < -0.39 is 5.82 Å². The smallest absolute Gasteiger partial charge is 0.248 e. The van der Waals surface area contributed by atoms with Crippen LogP contribution in [0.25, 0.3) is 10.9 Å². The third-order valence-electron chi connectivity index (χ3n) is 10.5. The molecule has 9 heteroatoms. The first-order valence-electron chi connectivity index (χ1n) is 16.1. The normalized spacial score (nSPS) is 24.4. The molecule has 7 rings (SSSR count). The van der Waals surface area contributed by atoms with E-state index in [-0.39, 0.29) is 10.9 Å². The molecule has 2 N–H and O–H groups in total. The molecule has 4 aliphatic rings. The molecule has 3 saturated carbocycles. The van der Waals surface area contributed by atoms with Crippen LogP contribution in [0.2, 0.25) is 5.02 Å². The van der Waals surface area contributed by atoms with Gasteiger partial charge in [0.25, 0.3) is 0 Å². The van der Waals surface area contributed by atoms with Gasteiger partial charge in [0, 0.05) is 17.1 Å². The molecule has 3 aromatic rings. The molecule has 1 saturated heterocycles. The summed E-state index contributed by atoms with van der Waals surface area (Å²) >= 11 is 6.01. The van der Waals surface area contributed by atoms with Crippen molar-refractivity contribution in [2.24, 2.45) is 29.1 Å². The number of benzene rings is 2.